The number of amides is 1. The number of hydrogen-bond acceptors (Lipinski definition) is 7. The normalized spacial score (nSPS) is 16.8. The van der Waals surface area contributed by atoms with Crippen LogP contribution in [0.2, 0.25) is 0 Å². The molecule has 1 atom stereocenters. The number of benzene rings is 2. The lowest BCUT2D eigenvalue weighted by Gasteiger charge is -2.32. The summed E-state index contributed by atoms with van der Waals surface area (Å²) < 4.78 is 14.0. The van der Waals surface area contributed by atoms with Gasteiger partial charge < -0.3 is 9.42 Å². The first-order valence-corrected chi connectivity index (χ1v) is 10.8. The zero-order chi connectivity index (χ0) is 20.5. The summed E-state index contributed by atoms with van der Waals surface area (Å²) in [5, 5.41) is 4.16. The molecule has 1 fully saturated rings. The monoisotopic (exact) mass is 419 g/mol. The highest BCUT2D eigenvalue weighted by Gasteiger charge is 2.26. The number of carbonyl (C=O) groups excluding carboxylic acids is 1. The number of piperidine rings is 1. The van der Waals surface area contributed by atoms with Gasteiger partial charge in [-0.1, -0.05) is 29.4 Å². The van der Waals surface area contributed by atoms with Crippen LogP contribution in [0.3, 0.4) is 0 Å². The van der Waals surface area contributed by atoms with Crippen LogP contribution in [0, 0.1) is 12.8 Å². The minimum atomic E-state index is 0.0423. The molecule has 152 valence electrons. The van der Waals surface area contributed by atoms with Crippen LogP contribution in [0.15, 0.2) is 47.0 Å². The molecular weight excluding hydrogens is 398 g/mol. The van der Waals surface area contributed by atoms with E-state index in [0.29, 0.717) is 36.2 Å². The quantitative estimate of drug-likeness (QED) is 0.494. The predicted octanol–water partition coefficient (Wildman–Crippen LogP) is 4.14. The fourth-order valence-electron chi connectivity index (χ4n) is 4.03. The summed E-state index contributed by atoms with van der Waals surface area (Å²) >= 11 is 1.16. The van der Waals surface area contributed by atoms with Crippen molar-refractivity contribution in [2.24, 2.45) is 5.92 Å². The van der Waals surface area contributed by atoms with Crippen LogP contribution >= 0.6 is 11.7 Å². The molecule has 8 heteroatoms. The summed E-state index contributed by atoms with van der Waals surface area (Å²) in [6.45, 7) is 3.49. The lowest BCUT2D eigenvalue weighted by atomic mass is 9.94. The van der Waals surface area contributed by atoms with E-state index in [0.717, 1.165) is 53.3 Å². The molecule has 0 bridgehead atoms. The van der Waals surface area contributed by atoms with Gasteiger partial charge in [0.05, 0.1) is 11.7 Å². The summed E-state index contributed by atoms with van der Waals surface area (Å²) in [6, 6.07) is 13.5. The molecule has 3 heterocycles. The maximum absolute atomic E-state index is 13.0. The Balaban J connectivity index is 1.28. The molecule has 1 aliphatic heterocycles. The molecule has 1 amide bonds. The Morgan fingerprint density at radius 3 is 2.97 bits per heavy atom. The molecular formula is C22H21N5O2S. The van der Waals surface area contributed by atoms with Crippen molar-refractivity contribution in [3.63, 3.8) is 0 Å². The summed E-state index contributed by atoms with van der Waals surface area (Å²) in [6.07, 6.45) is 2.69. The lowest BCUT2D eigenvalue weighted by Crippen LogP contribution is -2.40. The molecule has 0 aliphatic carbocycles. The van der Waals surface area contributed by atoms with Gasteiger partial charge in [-0.05, 0) is 49.4 Å². The zero-order valence-corrected chi connectivity index (χ0v) is 17.4. The second kappa shape index (κ2) is 7.95. The van der Waals surface area contributed by atoms with Crippen LogP contribution in [-0.4, -0.2) is 42.8 Å². The first-order chi connectivity index (χ1) is 14.7. The Morgan fingerprint density at radius 2 is 2.07 bits per heavy atom. The van der Waals surface area contributed by atoms with E-state index >= 15 is 0 Å². The third-order valence-electron chi connectivity index (χ3n) is 5.62. The van der Waals surface area contributed by atoms with Crippen LogP contribution in [0.5, 0.6) is 0 Å². The Labute approximate surface area is 178 Å². The van der Waals surface area contributed by atoms with Gasteiger partial charge in [0, 0.05) is 30.6 Å². The number of likely N-dealkylation sites (tertiary alicyclic amines) is 1. The highest BCUT2D eigenvalue weighted by molar-refractivity contribution is 7.00. The van der Waals surface area contributed by atoms with E-state index in [4.69, 9.17) is 4.52 Å². The van der Waals surface area contributed by atoms with Gasteiger partial charge in [-0.3, -0.25) is 4.79 Å². The zero-order valence-electron chi connectivity index (χ0n) is 16.6. The van der Waals surface area contributed by atoms with Gasteiger partial charge in [-0.15, -0.1) is 0 Å². The van der Waals surface area contributed by atoms with Crippen molar-refractivity contribution in [1.82, 2.24) is 23.8 Å². The summed E-state index contributed by atoms with van der Waals surface area (Å²) in [5.41, 5.74) is 4.37. The first kappa shape index (κ1) is 18.9. The summed E-state index contributed by atoms with van der Waals surface area (Å²) in [4.78, 5) is 19.5. The van der Waals surface area contributed by atoms with E-state index in [2.05, 4.69) is 18.9 Å². The molecule has 1 saturated heterocycles. The summed E-state index contributed by atoms with van der Waals surface area (Å²) in [5.74, 6) is 1.60. The second-order valence-corrected chi connectivity index (χ2v) is 8.29. The second-order valence-electron chi connectivity index (χ2n) is 7.76. The molecule has 0 spiro atoms. The van der Waals surface area contributed by atoms with Gasteiger partial charge in [0.2, 0.25) is 11.7 Å². The molecule has 1 aliphatic rings. The Bertz CT molecular complexity index is 1200. The van der Waals surface area contributed by atoms with Crippen LogP contribution < -0.4 is 0 Å². The highest BCUT2D eigenvalue weighted by atomic mass is 32.1. The molecule has 0 saturated carbocycles. The van der Waals surface area contributed by atoms with E-state index in [1.54, 1.807) is 0 Å². The maximum Gasteiger partial charge on any atom is 0.253 e. The van der Waals surface area contributed by atoms with Crippen molar-refractivity contribution in [2.45, 2.75) is 26.2 Å². The van der Waals surface area contributed by atoms with Crippen molar-refractivity contribution in [1.29, 1.82) is 0 Å². The van der Waals surface area contributed by atoms with Crippen molar-refractivity contribution < 1.29 is 9.32 Å². The van der Waals surface area contributed by atoms with Crippen LogP contribution in [0.25, 0.3) is 22.4 Å². The van der Waals surface area contributed by atoms with Gasteiger partial charge in [-0.25, -0.2) is 0 Å². The maximum atomic E-state index is 13.0. The van der Waals surface area contributed by atoms with Gasteiger partial charge in [0.25, 0.3) is 5.91 Å². The number of fused-ring (bicyclic) bond motifs is 1. The fourth-order valence-corrected chi connectivity index (χ4v) is 4.55. The van der Waals surface area contributed by atoms with E-state index in [1.807, 2.05) is 54.3 Å². The Morgan fingerprint density at radius 1 is 1.20 bits per heavy atom. The molecule has 7 nitrogen and oxygen atoms in total. The van der Waals surface area contributed by atoms with E-state index < -0.39 is 0 Å². The SMILES string of the molecule is Cc1ccccc1-c1noc(C[C@@H]2CCCN(C(=O)c3ccc4nsnc4c3)C2)n1. The van der Waals surface area contributed by atoms with Crippen molar-refractivity contribution in [3.05, 3.63) is 59.5 Å². The van der Waals surface area contributed by atoms with Crippen LogP contribution in [0.4, 0.5) is 0 Å². The number of aromatic nitrogens is 4. The first-order valence-electron chi connectivity index (χ1n) is 10.1. The molecule has 2 aromatic heterocycles. The third kappa shape index (κ3) is 3.70. The lowest BCUT2D eigenvalue weighted by molar-refractivity contribution is 0.0668. The number of aryl methyl sites for hydroxylation is 1. The number of carbonyl (C=O) groups is 1. The van der Waals surface area contributed by atoms with Gasteiger partial charge in [0.1, 0.15) is 11.0 Å². The topological polar surface area (TPSA) is 85.0 Å². The number of nitrogens with zero attached hydrogens (tertiary/aromatic N) is 5. The number of rotatable bonds is 4. The third-order valence-corrected chi connectivity index (χ3v) is 6.18. The molecule has 4 aromatic rings. The molecule has 0 unspecified atom stereocenters. The minimum Gasteiger partial charge on any atom is -0.339 e. The molecule has 30 heavy (non-hydrogen) atoms. The van der Waals surface area contributed by atoms with Crippen LogP contribution in [-0.2, 0) is 6.42 Å². The Hall–Kier alpha value is -3.13. The van der Waals surface area contributed by atoms with E-state index in [-0.39, 0.29) is 5.91 Å². The largest absolute Gasteiger partial charge is 0.339 e. The minimum absolute atomic E-state index is 0.0423. The van der Waals surface area contributed by atoms with Gasteiger partial charge >= 0.3 is 0 Å². The standard InChI is InChI=1S/C22H21N5O2S/c1-14-5-2-3-7-17(14)21-23-20(29-24-21)11-15-6-4-10-27(13-15)22(28)16-8-9-18-19(12-16)26-30-25-18/h2-3,5,7-9,12,15H,4,6,10-11,13H2,1H3/t15-/m0/s1. The summed E-state index contributed by atoms with van der Waals surface area (Å²) in [7, 11) is 0. The van der Waals surface area contributed by atoms with E-state index in [1.165, 1.54) is 0 Å². The van der Waals surface area contributed by atoms with Crippen molar-refractivity contribution >= 4 is 28.7 Å². The Kier molecular flexibility index (Phi) is 5.00. The fraction of sp³-hybridized carbons (Fsp3) is 0.318. The van der Waals surface area contributed by atoms with Gasteiger partial charge in [0.15, 0.2) is 0 Å². The molecule has 0 radical (unpaired) electrons. The van der Waals surface area contributed by atoms with Crippen LogP contribution in [0.1, 0.15) is 34.7 Å². The van der Waals surface area contributed by atoms with E-state index in [9.17, 15) is 4.79 Å². The average molecular weight is 420 g/mol. The number of hydrogen-bond donors (Lipinski definition) is 0. The molecule has 0 N–H and O–H groups in total. The highest BCUT2D eigenvalue weighted by Crippen LogP contribution is 2.25. The predicted molar refractivity (Wildman–Crippen MR) is 114 cm³/mol. The smallest absolute Gasteiger partial charge is 0.253 e. The molecule has 2 aromatic carbocycles. The average Bonchev–Trinajstić information content (AvgIpc) is 3.42. The van der Waals surface area contributed by atoms with Crippen molar-refractivity contribution in [2.75, 3.05) is 13.1 Å². The van der Waals surface area contributed by atoms with Crippen molar-refractivity contribution in [3.8, 4) is 11.4 Å². The van der Waals surface area contributed by atoms with Gasteiger partial charge in [-0.2, -0.15) is 13.7 Å². The molecule has 5 rings (SSSR count).